The summed E-state index contributed by atoms with van der Waals surface area (Å²) in [5.74, 6) is 0.795. The molecule has 5 nitrogen and oxygen atoms in total. The number of hydrogen-bond donors (Lipinski definition) is 1. The Bertz CT molecular complexity index is 795. The lowest BCUT2D eigenvalue weighted by Crippen LogP contribution is -2.22. The van der Waals surface area contributed by atoms with E-state index < -0.39 is 0 Å². The van der Waals surface area contributed by atoms with E-state index in [9.17, 15) is 4.79 Å². The SMILES string of the molecule is Cc1cc(C(=O)NCc2ccc(COc3ccccc3)cc2)on1. The highest BCUT2D eigenvalue weighted by atomic mass is 16.5. The molecule has 0 bridgehead atoms. The topological polar surface area (TPSA) is 64.4 Å². The van der Waals surface area contributed by atoms with Crippen LogP contribution in [0.25, 0.3) is 0 Å². The smallest absolute Gasteiger partial charge is 0.290 e. The van der Waals surface area contributed by atoms with Gasteiger partial charge in [-0.1, -0.05) is 47.6 Å². The second kappa shape index (κ2) is 7.46. The van der Waals surface area contributed by atoms with Crippen LogP contribution in [0.3, 0.4) is 0 Å². The number of carbonyl (C=O) groups excluding carboxylic acids is 1. The van der Waals surface area contributed by atoms with E-state index in [0.717, 1.165) is 16.9 Å². The van der Waals surface area contributed by atoms with E-state index in [1.54, 1.807) is 13.0 Å². The molecule has 0 saturated carbocycles. The third kappa shape index (κ3) is 4.23. The normalized spacial score (nSPS) is 10.4. The highest BCUT2D eigenvalue weighted by Crippen LogP contribution is 2.12. The molecular formula is C19H18N2O3. The molecule has 0 unspecified atom stereocenters. The Kier molecular flexibility index (Phi) is 4.91. The van der Waals surface area contributed by atoms with Gasteiger partial charge in [0.15, 0.2) is 0 Å². The van der Waals surface area contributed by atoms with Gasteiger partial charge in [0.05, 0.1) is 5.69 Å². The van der Waals surface area contributed by atoms with Crippen LogP contribution in [0.4, 0.5) is 0 Å². The van der Waals surface area contributed by atoms with E-state index in [4.69, 9.17) is 9.26 Å². The van der Waals surface area contributed by atoms with Crippen molar-refractivity contribution in [3.8, 4) is 5.75 Å². The van der Waals surface area contributed by atoms with Crippen molar-refractivity contribution in [3.63, 3.8) is 0 Å². The molecule has 0 saturated heterocycles. The van der Waals surface area contributed by atoms with Crippen LogP contribution in [-0.2, 0) is 13.2 Å². The molecule has 1 amide bonds. The summed E-state index contributed by atoms with van der Waals surface area (Å²) < 4.78 is 10.6. The van der Waals surface area contributed by atoms with Crippen molar-refractivity contribution in [2.75, 3.05) is 0 Å². The predicted octanol–water partition coefficient (Wildman–Crippen LogP) is 3.49. The third-order valence-corrected chi connectivity index (χ3v) is 3.48. The summed E-state index contributed by atoms with van der Waals surface area (Å²) in [7, 11) is 0. The first-order chi connectivity index (χ1) is 11.7. The van der Waals surface area contributed by atoms with Crippen LogP contribution in [0.15, 0.2) is 65.2 Å². The van der Waals surface area contributed by atoms with Crippen molar-refractivity contribution in [3.05, 3.63) is 83.2 Å². The molecule has 2 aromatic carbocycles. The number of nitrogens with zero attached hydrogens (tertiary/aromatic N) is 1. The van der Waals surface area contributed by atoms with Crippen LogP contribution < -0.4 is 10.1 Å². The largest absolute Gasteiger partial charge is 0.489 e. The maximum Gasteiger partial charge on any atom is 0.290 e. The number of para-hydroxylation sites is 1. The Balaban J connectivity index is 1.50. The van der Waals surface area contributed by atoms with Crippen molar-refractivity contribution in [2.45, 2.75) is 20.1 Å². The van der Waals surface area contributed by atoms with Gasteiger partial charge in [0, 0.05) is 12.6 Å². The van der Waals surface area contributed by atoms with Gasteiger partial charge in [0.2, 0.25) is 5.76 Å². The molecule has 1 heterocycles. The summed E-state index contributed by atoms with van der Waals surface area (Å²) in [5.41, 5.74) is 2.76. The monoisotopic (exact) mass is 322 g/mol. The molecule has 0 fully saturated rings. The molecule has 1 N–H and O–H groups in total. The van der Waals surface area contributed by atoms with E-state index in [2.05, 4.69) is 10.5 Å². The van der Waals surface area contributed by atoms with Crippen LogP contribution in [0, 0.1) is 6.92 Å². The second-order valence-electron chi connectivity index (χ2n) is 5.43. The highest BCUT2D eigenvalue weighted by Gasteiger charge is 2.10. The summed E-state index contributed by atoms with van der Waals surface area (Å²) in [4.78, 5) is 11.9. The first kappa shape index (κ1) is 15.8. The quantitative estimate of drug-likeness (QED) is 0.754. The second-order valence-corrected chi connectivity index (χ2v) is 5.43. The maximum atomic E-state index is 11.9. The lowest BCUT2D eigenvalue weighted by Gasteiger charge is -2.07. The number of aryl methyl sites for hydroxylation is 1. The van der Waals surface area contributed by atoms with Gasteiger partial charge >= 0.3 is 0 Å². The minimum atomic E-state index is -0.271. The molecule has 0 aliphatic rings. The Morgan fingerprint density at radius 2 is 1.79 bits per heavy atom. The van der Waals surface area contributed by atoms with Crippen molar-refractivity contribution in [1.29, 1.82) is 0 Å². The molecule has 122 valence electrons. The van der Waals surface area contributed by atoms with Crippen LogP contribution in [0.2, 0.25) is 0 Å². The lowest BCUT2D eigenvalue weighted by atomic mass is 10.1. The van der Waals surface area contributed by atoms with E-state index in [0.29, 0.717) is 18.8 Å². The Hall–Kier alpha value is -3.08. The summed E-state index contributed by atoms with van der Waals surface area (Å²) in [5, 5.41) is 6.50. The van der Waals surface area contributed by atoms with Crippen molar-refractivity contribution in [2.24, 2.45) is 0 Å². The fourth-order valence-electron chi connectivity index (χ4n) is 2.18. The average molecular weight is 322 g/mol. The number of ether oxygens (including phenoxy) is 1. The number of carbonyl (C=O) groups is 1. The van der Waals surface area contributed by atoms with Gasteiger partial charge in [0.1, 0.15) is 12.4 Å². The first-order valence-electron chi connectivity index (χ1n) is 7.68. The van der Waals surface area contributed by atoms with Crippen LogP contribution in [0.1, 0.15) is 27.4 Å². The molecule has 0 aliphatic carbocycles. The lowest BCUT2D eigenvalue weighted by molar-refractivity contribution is 0.0914. The van der Waals surface area contributed by atoms with Crippen LogP contribution in [0.5, 0.6) is 5.75 Å². The van der Waals surface area contributed by atoms with Gasteiger partial charge in [-0.2, -0.15) is 0 Å². The molecule has 3 aromatic rings. The molecule has 5 heteroatoms. The molecule has 0 aliphatic heterocycles. The number of benzene rings is 2. The molecule has 0 radical (unpaired) electrons. The Labute approximate surface area is 140 Å². The molecule has 3 rings (SSSR count). The van der Waals surface area contributed by atoms with Crippen LogP contribution >= 0.6 is 0 Å². The minimum absolute atomic E-state index is 0.223. The van der Waals surface area contributed by atoms with Crippen LogP contribution in [-0.4, -0.2) is 11.1 Å². The minimum Gasteiger partial charge on any atom is -0.489 e. The van der Waals surface area contributed by atoms with Gasteiger partial charge in [-0.3, -0.25) is 4.79 Å². The zero-order chi connectivity index (χ0) is 16.8. The maximum absolute atomic E-state index is 11.9. The van der Waals surface area contributed by atoms with Gasteiger partial charge in [-0.15, -0.1) is 0 Å². The number of rotatable bonds is 6. The number of hydrogen-bond acceptors (Lipinski definition) is 4. The molecule has 1 aromatic heterocycles. The summed E-state index contributed by atoms with van der Waals surface area (Å²) >= 11 is 0. The van der Waals surface area contributed by atoms with Crippen molar-refractivity contribution in [1.82, 2.24) is 10.5 Å². The predicted molar refractivity (Wildman–Crippen MR) is 89.6 cm³/mol. The number of aromatic nitrogens is 1. The van der Waals surface area contributed by atoms with E-state index in [-0.39, 0.29) is 11.7 Å². The number of amides is 1. The van der Waals surface area contributed by atoms with Crippen molar-refractivity contribution >= 4 is 5.91 Å². The average Bonchev–Trinajstić information content (AvgIpc) is 3.06. The molecular weight excluding hydrogens is 304 g/mol. The van der Waals surface area contributed by atoms with Gasteiger partial charge < -0.3 is 14.6 Å². The fourth-order valence-corrected chi connectivity index (χ4v) is 2.18. The van der Waals surface area contributed by atoms with E-state index in [1.165, 1.54) is 0 Å². The van der Waals surface area contributed by atoms with Gasteiger partial charge in [-0.25, -0.2) is 0 Å². The third-order valence-electron chi connectivity index (χ3n) is 3.48. The van der Waals surface area contributed by atoms with Crippen molar-refractivity contribution < 1.29 is 14.1 Å². The standard InChI is InChI=1S/C19H18N2O3/c1-14-11-18(24-21-14)19(22)20-12-15-7-9-16(10-8-15)13-23-17-5-3-2-4-6-17/h2-11H,12-13H2,1H3,(H,20,22). The highest BCUT2D eigenvalue weighted by molar-refractivity contribution is 5.91. The first-order valence-corrected chi connectivity index (χ1v) is 7.68. The number of nitrogens with one attached hydrogen (secondary N) is 1. The molecule has 24 heavy (non-hydrogen) atoms. The van der Waals surface area contributed by atoms with Gasteiger partial charge in [0.25, 0.3) is 5.91 Å². The summed E-state index contributed by atoms with van der Waals surface area (Å²) in [6.07, 6.45) is 0. The summed E-state index contributed by atoms with van der Waals surface area (Å²) in [6, 6.07) is 19.2. The fraction of sp³-hybridized carbons (Fsp3) is 0.158. The Morgan fingerprint density at radius 1 is 1.08 bits per heavy atom. The zero-order valence-electron chi connectivity index (χ0n) is 13.4. The van der Waals surface area contributed by atoms with E-state index >= 15 is 0 Å². The molecule has 0 atom stereocenters. The Morgan fingerprint density at radius 3 is 2.46 bits per heavy atom. The zero-order valence-corrected chi connectivity index (χ0v) is 13.4. The molecule has 0 spiro atoms. The summed E-state index contributed by atoms with van der Waals surface area (Å²) in [6.45, 7) is 2.71. The van der Waals surface area contributed by atoms with Gasteiger partial charge in [-0.05, 0) is 30.2 Å². The van der Waals surface area contributed by atoms with E-state index in [1.807, 2.05) is 54.6 Å².